The normalized spacial score (nSPS) is 25.2. The monoisotopic (exact) mass is 391 g/mol. The second-order valence-corrected chi connectivity index (χ2v) is 6.57. The lowest BCUT2D eigenvalue weighted by Crippen LogP contribution is -2.33. The van der Waals surface area contributed by atoms with E-state index in [2.05, 4.69) is 20.3 Å². The molecule has 0 spiro atoms. The number of halogens is 1. The van der Waals surface area contributed by atoms with Gasteiger partial charge in [-0.1, -0.05) is 30.3 Å². The van der Waals surface area contributed by atoms with Crippen molar-refractivity contribution in [3.8, 4) is 0 Å². The van der Waals surface area contributed by atoms with Gasteiger partial charge in [0, 0.05) is 6.54 Å². The van der Waals surface area contributed by atoms with E-state index in [0.29, 0.717) is 23.5 Å². The lowest BCUT2D eigenvalue weighted by Gasteiger charge is -2.16. The van der Waals surface area contributed by atoms with E-state index in [4.69, 9.17) is 16.3 Å². The molecular weight excluding hydrogens is 374 g/mol. The number of anilines is 1. The molecule has 1 aliphatic heterocycles. The number of benzene rings is 1. The second-order valence-electron chi connectivity index (χ2n) is 6.23. The molecule has 0 radical (unpaired) electrons. The Morgan fingerprint density at radius 2 is 1.93 bits per heavy atom. The summed E-state index contributed by atoms with van der Waals surface area (Å²) in [6.07, 6.45) is -2.87. The van der Waals surface area contributed by atoms with Gasteiger partial charge in [0.05, 0.1) is 12.9 Å². The highest BCUT2D eigenvalue weighted by Gasteiger charge is 2.44. The van der Waals surface area contributed by atoms with Crippen LogP contribution < -0.4 is 5.32 Å². The van der Waals surface area contributed by atoms with Crippen LogP contribution in [-0.2, 0) is 11.3 Å². The average molecular weight is 392 g/mol. The molecule has 3 heterocycles. The number of hydrogen-bond acceptors (Lipinski definition) is 8. The molecule has 142 valence electrons. The van der Waals surface area contributed by atoms with Crippen molar-refractivity contribution >= 4 is 28.6 Å². The number of nitrogens with one attached hydrogen (secondary N) is 1. The molecule has 0 bridgehead atoms. The second kappa shape index (κ2) is 7.37. The number of fused-ring (bicyclic) bond motifs is 1. The van der Waals surface area contributed by atoms with E-state index in [1.165, 1.54) is 10.9 Å². The van der Waals surface area contributed by atoms with Gasteiger partial charge in [0.2, 0.25) is 5.28 Å². The third-order valence-electron chi connectivity index (χ3n) is 4.49. The molecule has 10 heteroatoms. The number of aromatic nitrogens is 4. The third kappa shape index (κ3) is 3.35. The first-order valence-corrected chi connectivity index (χ1v) is 8.76. The molecule has 0 aliphatic carbocycles. The van der Waals surface area contributed by atoms with Gasteiger partial charge in [0.25, 0.3) is 0 Å². The third-order valence-corrected chi connectivity index (χ3v) is 4.66. The molecule has 0 saturated carbocycles. The summed E-state index contributed by atoms with van der Waals surface area (Å²) in [7, 11) is 0. The first-order chi connectivity index (χ1) is 13.1. The molecule has 1 aromatic carbocycles. The Morgan fingerprint density at radius 3 is 2.63 bits per heavy atom. The topological polar surface area (TPSA) is 126 Å². The van der Waals surface area contributed by atoms with Gasteiger partial charge in [-0.3, -0.25) is 4.57 Å². The summed E-state index contributed by atoms with van der Waals surface area (Å²) >= 11 is 6.07. The van der Waals surface area contributed by atoms with Crippen molar-refractivity contribution in [2.45, 2.75) is 31.1 Å². The van der Waals surface area contributed by atoms with Crippen molar-refractivity contribution in [2.75, 3.05) is 11.9 Å². The molecule has 1 fully saturated rings. The number of rotatable bonds is 5. The number of ether oxygens (including phenoxy) is 1. The highest BCUT2D eigenvalue weighted by atomic mass is 35.5. The van der Waals surface area contributed by atoms with Crippen LogP contribution in [0, 0.1) is 0 Å². The van der Waals surface area contributed by atoms with Crippen LogP contribution in [0.3, 0.4) is 0 Å². The Kier molecular flexibility index (Phi) is 4.94. The van der Waals surface area contributed by atoms with E-state index in [1.807, 2.05) is 30.3 Å². The fourth-order valence-electron chi connectivity index (χ4n) is 3.09. The Bertz CT molecular complexity index is 938. The van der Waals surface area contributed by atoms with Crippen LogP contribution in [-0.4, -0.2) is 59.8 Å². The highest BCUT2D eigenvalue weighted by Crippen LogP contribution is 2.32. The van der Waals surface area contributed by atoms with E-state index >= 15 is 0 Å². The van der Waals surface area contributed by atoms with Gasteiger partial charge < -0.3 is 25.4 Å². The van der Waals surface area contributed by atoms with Crippen LogP contribution in [0.2, 0.25) is 5.28 Å². The molecule has 9 nitrogen and oxygen atoms in total. The minimum atomic E-state index is -1.24. The van der Waals surface area contributed by atoms with E-state index in [9.17, 15) is 15.3 Å². The van der Waals surface area contributed by atoms with Crippen LogP contribution >= 0.6 is 11.6 Å². The minimum absolute atomic E-state index is 0.00607. The molecule has 2 aromatic heterocycles. The zero-order valence-electron chi connectivity index (χ0n) is 14.1. The number of aliphatic hydroxyl groups is 3. The molecule has 3 aromatic rings. The zero-order valence-corrected chi connectivity index (χ0v) is 14.9. The van der Waals surface area contributed by atoms with Crippen LogP contribution in [0.15, 0.2) is 36.7 Å². The number of imidazole rings is 1. The van der Waals surface area contributed by atoms with Crippen LogP contribution in [0.5, 0.6) is 0 Å². The summed E-state index contributed by atoms with van der Waals surface area (Å²) in [6, 6.07) is 9.77. The first-order valence-electron chi connectivity index (χ1n) is 8.39. The summed E-state index contributed by atoms with van der Waals surface area (Å²) in [6.45, 7) is 0.102. The smallest absolute Gasteiger partial charge is 0.226 e. The molecule has 1 saturated heterocycles. The van der Waals surface area contributed by atoms with Crippen molar-refractivity contribution in [3.63, 3.8) is 0 Å². The van der Waals surface area contributed by atoms with Crippen molar-refractivity contribution in [3.05, 3.63) is 47.5 Å². The Balaban J connectivity index is 1.66. The minimum Gasteiger partial charge on any atom is -0.394 e. The summed E-state index contributed by atoms with van der Waals surface area (Å²) in [5.74, 6) is 0.444. The van der Waals surface area contributed by atoms with E-state index in [-0.39, 0.29) is 5.28 Å². The van der Waals surface area contributed by atoms with E-state index in [1.54, 1.807) is 0 Å². The molecular formula is C17H18ClN5O4. The number of hydrogen-bond donors (Lipinski definition) is 4. The predicted octanol–water partition coefficient (Wildman–Crippen LogP) is 0.703. The van der Waals surface area contributed by atoms with Crippen molar-refractivity contribution in [2.24, 2.45) is 0 Å². The summed E-state index contributed by atoms with van der Waals surface area (Å²) in [5, 5.41) is 32.7. The molecule has 4 N–H and O–H groups in total. The standard InChI is InChI=1S/C17H18ClN5O4/c18-17-21-14(19-6-9-4-2-1-3-5-9)11-15(22-17)23(8-20-11)16-13(26)12(25)10(7-24)27-16/h1-5,8,10,12-13,16,24-26H,6-7H2,(H,19,21,22)/t10?,12-,13-,16-/m1/s1. The predicted molar refractivity (Wildman–Crippen MR) is 97.1 cm³/mol. The molecule has 4 rings (SSSR count). The maximum atomic E-state index is 10.3. The van der Waals surface area contributed by atoms with Crippen molar-refractivity contribution < 1.29 is 20.1 Å². The lowest BCUT2D eigenvalue weighted by atomic mass is 10.1. The fourth-order valence-corrected chi connectivity index (χ4v) is 3.26. The van der Waals surface area contributed by atoms with Crippen molar-refractivity contribution in [1.82, 2.24) is 19.5 Å². The van der Waals surface area contributed by atoms with Gasteiger partial charge in [-0.2, -0.15) is 9.97 Å². The Hall–Kier alpha value is -2.30. The van der Waals surface area contributed by atoms with Gasteiger partial charge in [0.15, 0.2) is 23.2 Å². The summed E-state index contributed by atoms with van der Waals surface area (Å²) in [5.41, 5.74) is 1.86. The van der Waals surface area contributed by atoms with Crippen molar-refractivity contribution in [1.29, 1.82) is 0 Å². The summed E-state index contributed by atoms with van der Waals surface area (Å²) in [4.78, 5) is 12.7. The largest absolute Gasteiger partial charge is 0.394 e. The maximum Gasteiger partial charge on any atom is 0.226 e. The highest BCUT2D eigenvalue weighted by molar-refractivity contribution is 6.28. The van der Waals surface area contributed by atoms with Crippen LogP contribution in [0.25, 0.3) is 11.2 Å². The van der Waals surface area contributed by atoms with Gasteiger partial charge in [-0.15, -0.1) is 0 Å². The van der Waals surface area contributed by atoms with E-state index < -0.39 is 31.1 Å². The fraction of sp³-hybridized carbons (Fsp3) is 0.353. The maximum absolute atomic E-state index is 10.3. The number of nitrogens with zero attached hydrogens (tertiary/aromatic N) is 4. The molecule has 1 unspecified atom stereocenters. The van der Waals surface area contributed by atoms with Crippen LogP contribution in [0.1, 0.15) is 11.8 Å². The Morgan fingerprint density at radius 1 is 1.15 bits per heavy atom. The SMILES string of the molecule is OCC1O[C@@H](n2cnc3c(NCc4ccccc4)nc(Cl)nc32)[C@H](O)[C@@H]1O. The first kappa shape index (κ1) is 18.1. The average Bonchev–Trinajstić information content (AvgIpc) is 3.22. The van der Waals surface area contributed by atoms with Gasteiger partial charge in [-0.05, 0) is 17.2 Å². The zero-order chi connectivity index (χ0) is 19.0. The molecule has 1 aliphatic rings. The molecule has 0 amide bonds. The van der Waals surface area contributed by atoms with E-state index in [0.717, 1.165) is 5.56 Å². The number of aliphatic hydroxyl groups excluding tert-OH is 3. The molecule has 4 atom stereocenters. The van der Waals surface area contributed by atoms with Gasteiger partial charge in [0.1, 0.15) is 18.3 Å². The summed E-state index contributed by atoms with van der Waals surface area (Å²) < 4.78 is 7.02. The van der Waals surface area contributed by atoms with Gasteiger partial charge in [-0.25, -0.2) is 4.98 Å². The van der Waals surface area contributed by atoms with Crippen LogP contribution in [0.4, 0.5) is 5.82 Å². The lowest BCUT2D eigenvalue weighted by molar-refractivity contribution is -0.0511. The molecule has 27 heavy (non-hydrogen) atoms. The Labute approximate surface area is 159 Å². The van der Waals surface area contributed by atoms with Gasteiger partial charge >= 0.3 is 0 Å². The quantitative estimate of drug-likeness (QED) is 0.468.